The predicted molar refractivity (Wildman–Crippen MR) is 96.5 cm³/mol. The van der Waals surface area contributed by atoms with Crippen LogP contribution in [0.15, 0.2) is 12.1 Å². The van der Waals surface area contributed by atoms with Gasteiger partial charge in [0.15, 0.2) is 11.5 Å². The lowest BCUT2D eigenvalue weighted by molar-refractivity contribution is -0.136. The van der Waals surface area contributed by atoms with E-state index < -0.39 is 0 Å². The molecule has 1 heterocycles. The molecule has 1 saturated heterocycles. The first kappa shape index (κ1) is 17.9. The molecule has 1 amide bonds. The van der Waals surface area contributed by atoms with E-state index >= 15 is 0 Å². The molecule has 25 heavy (non-hydrogen) atoms. The highest BCUT2D eigenvalue weighted by atomic mass is 16.5. The van der Waals surface area contributed by atoms with Crippen LogP contribution in [0.2, 0.25) is 0 Å². The number of hydrogen-bond donors (Lipinski definition) is 0. The number of amides is 1. The smallest absolute Gasteiger partial charge is 0.227 e. The molecule has 5 heteroatoms. The fourth-order valence-corrected chi connectivity index (χ4v) is 4.45. The number of rotatable bonds is 5. The zero-order chi connectivity index (χ0) is 17.8. The Balaban J connectivity index is 1.78. The van der Waals surface area contributed by atoms with Gasteiger partial charge < -0.3 is 19.1 Å². The van der Waals surface area contributed by atoms with Gasteiger partial charge in [-0.25, -0.2) is 0 Å². The third-order valence-corrected chi connectivity index (χ3v) is 5.64. The summed E-state index contributed by atoms with van der Waals surface area (Å²) in [6, 6.07) is 4.19. The maximum atomic E-state index is 13.0. The van der Waals surface area contributed by atoms with Crippen LogP contribution in [-0.2, 0) is 11.2 Å². The molecule has 1 saturated carbocycles. The minimum Gasteiger partial charge on any atom is -0.493 e. The van der Waals surface area contributed by atoms with Crippen molar-refractivity contribution in [1.82, 2.24) is 4.90 Å². The number of carbonyl (C=O) groups excluding carboxylic acids is 1. The van der Waals surface area contributed by atoms with Crippen molar-refractivity contribution in [2.75, 3.05) is 27.9 Å². The van der Waals surface area contributed by atoms with Gasteiger partial charge in [0, 0.05) is 12.6 Å². The van der Waals surface area contributed by atoms with Crippen LogP contribution in [0.4, 0.5) is 0 Å². The molecule has 1 aromatic rings. The van der Waals surface area contributed by atoms with E-state index in [9.17, 15) is 4.79 Å². The maximum absolute atomic E-state index is 13.0. The summed E-state index contributed by atoms with van der Waals surface area (Å²) < 4.78 is 16.2. The molecule has 0 aromatic heterocycles. The first-order valence-corrected chi connectivity index (χ1v) is 9.26. The minimum atomic E-state index is 0.214. The second kappa shape index (κ2) is 7.98. The highest BCUT2D eigenvalue weighted by Gasteiger charge is 2.35. The Morgan fingerprint density at radius 1 is 1.00 bits per heavy atom. The maximum Gasteiger partial charge on any atom is 0.227 e. The lowest BCUT2D eigenvalue weighted by Crippen LogP contribution is -2.50. The minimum absolute atomic E-state index is 0.214. The average Bonchev–Trinajstić information content (AvgIpc) is 2.66. The first-order chi connectivity index (χ1) is 12.2. The second-order valence-electron chi connectivity index (χ2n) is 7.05. The van der Waals surface area contributed by atoms with Crippen LogP contribution < -0.4 is 14.2 Å². The van der Waals surface area contributed by atoms with E-state index in [0.717, 1.165) is 24.9 Å². The van der Waals surface area contributed by atoms with Crippen molar-refractivity contribution >= 4 is 5.91 Å². The second-order valence-corrected chi connectivity index (χ2v) is 7.05. The largest absolute Gasteiger partial charge is 0.493 e. The van der Waals surface area contributed by atoms with Crippen molar-refractivity contribution in [2.45, 2.75) is 51.0 Å². The molecule has 138 valence electrons. The molecule has 0 bridgehead atoms. The van der Waals surface area contributed by atoms with Crippen LogP contribution in [0, 0.1) is 5.92 Å². The van der Waals surface area contributed by atoms with Gasteiger partial charge in [-0.15, -0.1) is 0 Å². The molecule has 0 N–H and O–H groups in total. The van der Waals surface area contributed by atoms with Crippen LogP contribution in [-0.4, -0.2) is 44.7 Å². The fourth-order valence-electron chi connectivity index (χ4n) is 4.45. The number of carbonyl (C=O) groups is 1. The topological polar surface area (TPSA) is 48.0 Å². The molecular formula is C20H29NO4. The summed E-state index contributed by atoms with van der Waals surface area (Å²) in [6.07, 6.45) is 7.77. The summed E-state index contributed by atoms with van der Waals surface area (Å²) in [6.45, 7) is 0.893. The highest BCUT2D eigenvalue weighted by molar-refractivity contribution is 5.80. The van der Waals surface area contributed by atoms with Gasteiger partial charge in [0.25, 0.3) is 0 Å². The molecule has 3 rings (SSSR count). The number of methoxy groups -OCH3 is 3. The summed E-state index contributed by atoms with van der Waals surface area (Å²) in [5, 5.41) is 0. The summed E-state index contributed by atoms with van der Waals surface area (Å²) in [7, 11) is 4.78. The number of fused-ring (bicyclic) bond motifs is 1. The SMILES string of the molecule is COc1cc(CC(=O)N2CCCC3CCCCC32)cc(OC)c1OC. The normalized spacial score (nSPS) is 22.9. The van der Waals surface area contributed by atoms with E-state index in [0.29, 0.717) is 35.6 Å². The Hall–Kier alpha value is -1.91. The number of hydrogen-bond acceptors (Lipinski definition) is 4. The summed E-state index contributed by atoms with van der Waals surface area (Å²) >= 11 is 0. The standard InChI is InChI=1S/C20H29NO4/c1-23-17-11-14(12-18(24-2)20(17)25-3)13-19(22)21-10-6-8-15-7-4-5-9-16(15)21/h11-12,15-16H,4-10,13H2,1-3H3. The zero-order valence-electron chi connectivity index (χ0n) is 15.5. The van der Waals surface area contributed by atoms with E-state index in [1.54, 1.807) is 21.3 Å². The van der Waals surface area contributed by atoms with Crippen LogP contribution in [0.25, 0.3) is 0 Å². The van der Waals surface area contributed by atoms with Crippen LogP contribution in [0.5, 0.6) is 17.2 Å². The molecule has 2 fully saturated rings. The molecular weight excluding hydrogens is 318 g/mol. The lowest BCUT2D eigenvalue weighted by atomic mass is 9.78. The molecule has 5 nitrogen and oxygen atoms in total. The van der Waals surface area contributed by atoms with Gasteiger partial charge in [0.1, 0.15) is 0 Å². The van der Waals surface area contributed by atoms with E-state index in [1.807, 2.05) is 12.1 Å². The van der Waals surface area contributed by atoms with E-state index in [4.69, 9.17) is 14.2 Å². The highest BCUT2D eigenvalue weighted by Crippen LogP contribution is 2.39. The molecule has 0 spiro atoms. The molecule has 1 aliphatic carbocycles. The van der Waals surface area contributed by atoms with Crippen LogP contribution >= 0.6 is 0 Å². The fraction of sp³-hybridized carbons (Fsp3) is 0.650. The van der Waals surface area contributed by atoms with E-state index in [2.05, 4.69) is 4.90 Å². The van der Waals surface area contributed by atoms with E-state index in [1.165, 1.54) is 25.7 Å². The van der Waals surface area contributed by atoms with Crippen LogP contribution in [0.3, 0.4) is 0 Å². The van der Waals surface area contributed by atoms with Crippen molar-refractivity contribution in [3.05, 3.63) is 17.7 Å². The zero-order valence-corrected chi connectivity index (χ0v) is 15.5. The summed E-state index contributed by atoms with van der Waals surface area (Å²) in [4.78, 5) is 15.1. The number of nitrogens with zero attached hydrogens (tertiary/aromatic N) is 1. The van der Waals surface area contributed by atoms with Crippen molar-refractivity contribution in [1.29, 1.82) is 0 Å². The number of benzene rings is 1. The Kier molecular flexibility index (Phi) is 5.71. The molecule has 2 aliphatic rings. The Bertz CT molecular complexity index is 589. The van der Waals surface area contributed by atoms with Gasteiger partial charge in [-0.2, -0.15) is 0 Å². The molecule has 1 aliphatic heterocycles. The van der Waals surface area contributed by atoms with Crippen molar-refractivity contribution in [2.24, 2.45) is 5.92 Å². The summed E-state index contributed by atoms with van der Waals surface area (Å²) in [5.74, 6) is 2.67. The third-order valence-electron chi connectivity index (χ3n) is 5.64. The number of likely N-dealkylation sites (tertiary alicyclic amines) is 1. The monoisotopic (exact) mass is 347 g/mol. The average molecular weight is 347 g/mol. The van der Waals surface area contributed by atoms with Crippen molar-refractivity contribution in [3.63, 3.8) is 0 Å². The van der Waals surface area contributed by atoms with Crippen molar-refractivity contribution < 1.29 is 19.0 Å². The molecule has 0 radical (unpaired) electrons. The van der Waals surface area contributed by atoms with Gasteiger partial charge in [-0.05, 0) is 49.3 Å². The quantitative estimate of drug-likeness (QED) is 0.819. The third kappa shape index (κ3) is 3.70. The first-order valence-electron chi connectivity index (χ1n) is 9.26. The molecule has 2 atom stereocenters. The number of ether oxygens (including phenoxy) is 3. The lowest BCUT2D eigenvalue weighted by Gasteiger charge is -2.44. The Morgan fingerprint density at radius 3 is 2.28 bits per heavy atom. The number of piperidine rings is 1. The van der Waals surface area contributed by atoms with Gasteiger partial charge >= 0.3 is 0 Å². The van der Waals surface area contributed by atoms with Gasteiger partial charge in [-0.1, -0.05) is 12.8 Å². The van der Waals surface area contributed by atoms with E-state index in [-0.39, 0.29) is 5.91 Å². The van der Waals surface area contributed by atoms with Gasteiger partial charge in [-0.3, -0.25) is 4.79 Å². The molecule has 1 aromatic carbocycles. The predicted octanol–water partition coefficient (Wildman–Crippen LogP) is 3.44. The van der Waals surface area contributed by atoms with Gasteiger partial charge in [0.05, 0.1) is 27.8 Å². The van der Waals surface area contributed by atoms with Crippen LogP contribution in [0.1, 0.15) is 44.1 Å². The van der Waals surface area contributed by atoms with Crippen molar-refractivity contribution in [3.8, 4) is 17.2 Å². The molecule has 2 unspecified atom stereocenters. The summed E-state index contributed by atoms with van der Waals surface area (Å²) in [5.41, 5.74) is 0.900. The Morgan fingerprint density at radius 2 is 1.64 bits per heavy atom. The van der Waals surface area contributed by atoms with Gasteiger partial charge in [0.2, 0.25) is 11.7 Å². The Labute approximate surface area is 150 Å².